The smallest absolute Gasteiger partial charge is 0.330 e. The molecule has 29 heavy (non-hydrogen) atoms. The number of benzene rings is 2. The number of carbonyl (C=O) groups excluding carboxylic acids is 1. The van der Waals surface area contributed by atoms with Crippen LogP contribution in [0.1, 0.15) is 11.1 Å². The molecule has 2 amide bonds. The molecule has 0 unspecified atom stereocenters. The molecule has 0 atom stereocenters. The topological polar surface area (TPSA) is 112 Å². The van der Waals surface area contributed by atoms with E-state index in [4.69, 9.17) is 14.3 Å². The van der Waals surface area contributed by atoms with Crippen molar-refractivity contribution in [2.45, 2.75) is 6.42 Å². The van der Waals surface area contributed by atoms with Crippen LogP contribution in [0.2, 0.25) is 0 Å². The first kappa shape index (κ1) is 22.6. The summed E-state index contributed by atoms with van der Waals surface area (Å²) in [6.45, 7) is -0.0859. The fourth-order valence-electron chi connectivity index (χ4n) is 2.63. The normalized spacial score (nSPS) is 11.0. The van der Waals surface area contributed by atoms with Crippen LogP contribution in [0.4, 0.5) is 16.2 Å². The Morgan fingerprint density at radius 3 is 2.28 bits per heavy atom. The molecule has 8 nitrogen and oxygen atoms in total. The molecule has 0 saturated carbocycles. The fourth-order valence-corrected chi connectivity index (χ4v) is 3.68. The van der Waals surface area contributed by atoms with Gasteiger partial charge in [-0.25, -0.2) is 4.79 Å². The van der Waals surface area contributed by atoms with E-state index >= 15 is 0 Å². The number of anilines is 2. The molecule has 0 aliphatic heterocycles. The minimum atomic E-state index is -3.08. The first-order valence-electron chi connectivity index (χ1n) is 8.93. The van der Waals surface area contributed by atoms with Crippen LogP contribution in [0.25, 0.3) is 0 Å². The summed E-state index contributed by atoms with van der Waals surface area (Å²) in [5.41, 5.74) is 2.57. The average Bonchev–Trinajstić information content (AvgIpc) is 2.76. The molecule has 9 heteroatoms. The zero-order valence-electron chi connectivity index (χ0n) is 16.4. The van der Waals surface area contributed by atoms with Gasteiger partial charge in [0.05, 0.1) is 30.9 Å². The van der Waals surface area contributed by atoms with E-state index in [0.29, 0.717) is 23.4 Å². The molecule has 0 aromatic heterocycles. The van der Waals surface area contributed by atoms with Gasteiger partial charge in [0.1, 0.15) is 0 Å². The van der Waals surface area contributed by atoms with Crippen LogP contribution in [-0.2, 0) is 20.0 Å². The monoisotopic (exact) mass is 417 g/mol. The van der Waals surface area contributed by atoms with Crippen molar-refractivity contribution < 1.29 is 23.5 Å². The van der Waals surface area contributed by atoms with Crippen molar-refractivity contribution in [3.05, 3.63) is 59.7 Å². The molecule has 0 saturated heterocycles. The highest BCUT2D eigenvalue weighted by Gasteiger charge is 2.21. The standard InChI is InChI=1S/C20H24N3O5P/c1-27-29(26,28-2)14-11-16-5-9-19(10-6-16)23(12-13-24)20(25)22-18-7-3-17(15-21)4-8-18/h3-10,24H,11-14H2,1-2H3,(H,22,25). The number of aliphatic hydroxyl groups excluding tert-OH is 1. The van der Waals surface area contributed by atoms with Gasteiger partial charge in [0.2, 0.25) is 0 Å². The van der Waals surface area contributed by atoms with Crippen molar-refractivity contribution in [1.82, 2.24) is 0 Å². The second kappa shape index (κ2) is 10.7. The predicted octanol–water partition coefficient (Wildman–Crippen LogP) is 3.62. The molecule has 154 valence electrons. The van der Waals surface area contributed by atoms with Crippen LogP contribution in [-0.4, -0.2) is 44.7 Å². The number of amides is 2. The number of aliphatic hydroxyl groups is 1. The summed E-state index contributed by atoms with van der Waals surface area (Å²) in [6, 6.07) is 15.3. The third kappa shape index (κ3) is 6.41. The Morgan fingerprint density at radius 2 is 1.76 bits per heavy atom. The van der Waals surface area contributed by atoms with E-state index < -0.39 is 13.6 Å². The van der Waals surface area contributed by atoms with Crippen LogP contribution in [0.15, 0.2) is 48.5 Å². The molecule has 2 N–H and O–H groups in total. The Labute approximate surface area is 170 Å². The van der Waals surface area contributed by atoms with Gasteiger partial charge in [-0.05, 0) is 48.4 Å². The number of nitrogens with one attached hydrogen (secondary N) is 1. The zero-order chi connectivity index (χ0) is 21.3. The van der Waals surface area contributed by atoms with Crippen molar-refractivity contribution in [3.8, 4) is 6.07 Å². The predicted molar refractivity (Wildman–Crippen MR) is 111 cm³/mol. The lowest BCUT2D eigenvalue weighted by molar-refractivity contribution is 0.252. The summed E-state index contributed by atoms with van der Waals surface area (Å²) in [5.74, 6) is 0. The quantitative estimate of drug-likeness (QED) is 0.603. The van der Waals surface area contributed by atoms with Gasteiger partial charge in [-0.1, -0.05) is 12.1 Å². The Balaban J connectivity index is 2.08. The second-order valence-electron chi connectivity index (χ2n) is 6.11. The molecule has 0 aliphatic carbocycles. The number of nitrogens with zero attached hydrogens (tertiary/aromatic N) is 2. The van der Waals surface area contributed by atoms with Gasteiger partial charge in [-0.3, -0.25) is 9.46 Å². The molecule has 0 fully saturated rings. The maximum atomic E-state index is 12.6. The maximum absolute atomic E-state index is 12.6. The van der Waals surface area contributed by atoms with Crippen molar-refractivity contribution in [3.63, 3.8) is 0 Å². The molecule has 0 aliphatic rings. The lowest BCUT2D eigenvalue weighted by atomic mass is 10.1. The maximum Gasteiger partial charge on any atom is 0.330 e. The van der Waals surface area contributed by atoms with Gasteiger partial charge in [0.25, 0.3) is 0 Å². The Bertz CT molecular complexity index is 886. The van der Waals surface area contributed by atoms with Crippen molar-refractivity contribution in [2.24, 2.45) is 0 Å². The summed E-state index contributed by atoms with van der Waals surface area (Å²) in [6.07, 6.45) is 0.746. The van der Waals surface area contributed by atoms with Gasteiger partial charge >= 0.3 is 13.6 Å². The van der Waals surface area contributed by atoms with E-state index in [2.05, 4.69) is 5.32 Å². The summed E-state index contributed by atoms with van der Waals surface area (Å²) < 4.78 is 22.0. The highest BCUT2D eigenvalue weighted by molar-refractivity contribution is 7.53. The fraction of sp³-hybridized carbons (Fsp3) is 0.300. The molecule has 0 spiro atoms. The minimum Gasteiger partial charge on any atom is -0.395 e. The number of hydrogen-bond acceptors (Lipinski definition) is 6. The third-order valence-electron chi connectivity index (χ3n) is 4.31. The SMILES string of the molecule is COP(=O)(CCc1ccc(N(CCO)C(=O)Nc2ccc(C#N)cc2)cc1)OC. The Hall–Kier alpha value is -2.69. The number of nitriles is 1. The molecule has 2 aromatic rings. The van der Waals surface area contributed by atoms with Crippen LogP contribution in [0.5, 0.6) is 0 Å². The van der Waals surface area contributed by atoms with E-state index in [1.165, 1.54) is 19.1 Å². The van der Waals surface area contributed by atoms with Crippen LogP contribution in [0, 0.1) is 11.3 Å². The van der Waals surface area contributed by atoms with Crippen LogP contribution < -0.4 is 10.2 Å². The highest BCUT2D eigenvalue weighted by Crippen LogP contribution is 2.46. The van der Waals surface area contributed by atoms with Crippen LogP contribution >= 0.6 is 7.60 Å². The molecule has 0 radical (unpaired) electrons. The van der Waals surface area contributed by atoms with E-state index in [1.807, 2.05) is 18.2 Å². The molecule has 0 heterocycles. The summed E-state index contributed by atoms with van der Waals surface area (Å²) in [5, 5.41) is 20.9. The van der Waals surface area contributed by atoms with Gasteiger partial charge in [0, 0.05) is 25.6 Å². The third-order valence-corrected chi connectivity index (χ3v) is 6.20. The Kier molecular flexibility index (Phi) is 8.37. The van der Waals surface area contributed by atoms with Crippen molar-refractivity contribution in [1.29, 1.82) is 5.26 Å². The molecular weight excluding hydrogens is 393 g/mol. The van der Waals surface area contributed by atoms with Crippen molar-refractivity contribution >= 4 is 25.0 Å². The zero-order valence-corrected chi connectivity index (χ0v) is 17.3. The van der Waals surface area contributed by atoms with Gasteiger partial charge < -0.3 is 19.5 Å². The number of rotatable bonds is 9. The highest BCUT2D eigenvalue weighted by atomic mass is 31.2. The number of aryl methyl sites for hydroxylation is 1. The first-order valence-corrected chi connectivity index (χ1v) is 10.7. The van der Waals surface area contributed by atoms with Crippen LogP contribution in [0.3, 0.4) is 0 Å². The first-order chi connectivity index (χ1) is 13.9. The summed E-state index contributed by atoms with van der Waals surface area (Å²) in [4.78, 5) is 14.1. The number of carbonyl (C=O) groups is 1. The molecule has 0 bridgehead atoms. The minimum absolute atomic E-state index is 0.115. The van der Waals surface area contributed by atoms with E-state index in [1.54, 1.807) is 36.4 Å². The number of hydrogen-bond donors (Lipinski definition) is 2. The number of urea groups is 1. The lowest BCUT2D eigenvalue weighted by Crippen LogP contribution is -2.37. The summed E-state index contributed by atoms with van der Waals surface area (Å²) in [7, 11) is -0.369. The van der Waals surface area contributed by atoms with Gasteiger partial charge in [-0.15, -0.1) is 0 Å². The van der Waals surface area contributed by atoms with E-state index in [0.717, 1.165) is 5.56 Å². The second-order valence-corrected chi connectivity index (χ2v) is 8.51. The largest absolute Gasteiger partial charge is 0.395 e. The van der Waals surface area contributed by atoms with Crippen molar-refractivity contribution in [2.75, 3.05) is 43.7 Å². The molecule has 2 aromatic carbocycles. The average molecular weight is 417 g/mol. The van der Waals surface area contributed by atoms with E-state index in [-0.39, 0.29) is 19.3 Å². The van der Waals surface area contributed by atoms with Gasteiger partial charge in [0.15, 0.2) is 0 Å². The van der Waals surface area contributed by atoms with Gasteiger partial charge in [-0.2, -0.15) is 5.26 Å². The van der Waals surface area contributed by atoms with E-state index in [9.17, 15) is 14.5 Å². The summed E-state index contributed by atoms with van der Waals surface area (Å²) >= 11 is 0. The molecular formula is C20H24N3O5P. The lowest BCUT2D eigenvalue weighted by Gasteiger charge is -2.23. The Morgan fingerprint density at radius 1 is 1.14 bits per heavy atom. The molecule has 2 rings (SSSR count).